The van der Waals surface area contributed by atoms with Crippen molar-refractivity contribution in [2.75, 3.05) is 31.6 Å². The van der Waals surface area contributed by atoms with E-state index in [0.29, 0.717) is 53.8 Å². The number of aliphatic imine (C=N–C) groups is 1. The molecule has 0 spiro atoms. The fourth-order valence-electron chi connectivity index (χ4n) is 5.30. The van der Waals surface area contributed by atoms with Crippen molar-refractivity contribution in [1.29, 1.82) is 0 Å². The highest BCUT2D eigenvalue weighted by Crippen LogP contribution is 2.36. The van der Waals surface area contributed by atoms with Crippen LogP contribution in [-0.4, -0.2) is 65.7 Å². The molecule has 1 unspecified atom stereocenters. The summed E-state index contributed by atoms with van der Waals surface area (Å²) in [5.74, 6) is 0.667. The summed E-state index contributed by atoms with van der Waals surface area (Å²) >= 11 is 0. The van der Waals surface area contributed by atoms with Crippen molar-refractivity contribution in [3.63, 3.8) is 0 Å². The molecule has 1 aliphatic rings. The minimum Gasteiger partial charge on any atom is -0.350 e. The van der Waals surface area contributed by atoms with E-state index in [1.54, 1.807) is 30.1 Å². The molecule has 2 heterocycles. The lowest BCUT2D eigenvalue weighted by Crippen LogP contribution is -2.55. The number of carbonyl (C=O) groups excluding carboxylic acids is 2. The summed E-state index contributed by atoms with van der Waals surface area (Å²) in [5, 5.41) is 0. The maximum absolute atomic E-state index is 15.0. The summed E-state index contributed by atoms with van der Waals surface area (Å²) in [6.45, 7) is 13.2. The number of amides is 2. The first-order valence-electron chi connectivity index (χ1n) is 13.5. The Morgan fingerprint density at radius 3 is 2.50 bits per heavy atom. The van der Waals surface area contributed by atoms with E-state index < -0.39 is 5.82 Å². The molecule has 3 aromatic rings. The van der Waals surface area contributed by atoms with Crippen molar-refractivity contribution in [3.8, 4) is 11.3 Å². The van der Waals surface area contributed by atoms with Gasteiger partial charge in [0, 0.05) is 38.3 Å². The van der Waals surface area contributed by atoms with E-state index in [1.807, 2.05) is 44.2 Å². The lowest BCUT2D eigenvalue weighted by atomic mass is 9.99. The maximum Gasteiger partial charge on any atom is 0.246 e. The van der Waals surface area contributed by atoms with Crippen molar-refractivity contribution < 1.29 is 14.0 Å². The van der Waals surface area contributed by atoms with Crippen LogP contribution in [0.4, 0.5) is 15.9 Å². The average molecular weight is 542 g/mol. The SMILES string of the molecule is C=CC(=O)N1CCN(C(=NC)c2cc(C)c(-c3ccccc3F)nc2N(C=O)c2ccccc2C(C)C)C(C)C1. The van der Waals surface area contributed by atoms with Crippen molar-refractivity contribution in [2.24, 2.45) is 4.99 Å². The van der Waals surface area contributed by atoms with E-state index in [2.05, 4.69) is 30.3 Å². The number of aromatic nitrogens is 1. The van der Waals surface area contributed by atoms with Crippen LogP contribution in [0.2, 0.25) is 0 Å². The number of pyridine rings is 1. The Balaban J connectivity index is 1.92. The Morgan fingerprint density at radius 2 is 1.88 bits per heavy atom. The molecule has 4 rings (SSSR count). The molecule has 1 aliphatic heterocycles. The van der Waals surface area contributed by atoms with Gasteiger partial charge in [0.05, 0.1) is 16.9 Å². The predicted molar refractivity (Wildman–Crippen MR) is 159 cm³/mol. The normalized spacial score (nSPS) is 15.8. The topological polar surface area (TPSA) is 69.1 Å². The average Bonchev–Trinajstić information content (AvgIpc) is 2.95. The van der Waals surface area contributed by atoms with Crippen LogP contribution in [0.5, 0.6) is 0 Å². The first-order chi connectivity index (χ1) is 19.2. The van der Waals surface area contributed by atoms with Crippen molar-refractivity contribution in [1.82, 2.24) is 14.8 Å². The zero-order valence-corrected chi connectivity index (χ0v) is 23.8. The number of aryl methyl sites for hydroxylation is 1. The van der Waals surface area contributed by atoms with Gasteiger partial charge < -0.3 is 9.80 Å². The monoisotopic (exact) mass is 541 g/mol. The quantitative estimate of drug-likeness (QED) is 0.166. The number of para-hydroxylation sites is 1. The summed E-state index contributed by atoms with van der Waals surface area (Å²) < 4.78 is 15.0. The number of carbonyl (C=O) groups is 2. The molecule has 1 fully saturated rings. The molecule has 1 saturated heterocycles. The van der Waals surface area contributed by atoms with Crippen molar-refractivity contribution >= 4 is 29.7 Å². The van der Waals surface area contributed by atoms with E-state index in [1.165, 1.54) is 17.0 Å². The van der Waals surface area contributed by atoms with Crippen LogP contribution < -0.4 is 4.90 Å². The second-order valence-electron chi connectivity index (χ2n) is 10.3. The van der Waals surface area contributed by atoms with Gasteiger partial charge in [0.15, 0.2) is 5.82 Å². The van der Waals surface area contributed by atoms with Crippen molar-refractivity contribution in [3.05, 3.63) is 89.8 Å². The maximum atomic E-state index is 15.0. The standard InChI is InChI=1S/C32H36FN5O2/c1-7-29(40)36-16-17-37(23(5)19-36)31(34-6)26-18-22(4)30(25-13-8-10-14-27(25)33)35-32(26)38(20-39)28-15-11-9-12-24(28)21(2)3/h7-15,18,20-21,23H,1,16-17,19H2,2-6H3. The van der Waals surface area contributed by atoms with Crippen LogP contribution in [-0.2, 0) is 9.59 Å². The zero-order chi connectivity index (χ0) is 29.0. The van der Waals surface area contributed by atoms with Crippen molar-refractivity contribution in [2.45, 2.75) is 39.7 Å². The van der Waals surface area contributed by atoms with Gasteiger partial charge in [-0.1, -0.05) is 50.8 Å². The highest BCUT2D eigenvalue weighted by Gasteiger charge is 2.32. The van der Waals surface area contributed by atoms with Gasteiger partial charge in [0.25, 0.3) is 0 Å². The molecule has 8 heteroatoms. The number of piperazine rings is 1. The van der Waals surface area contributed by atoms with Gasteiger partial charge in [0.2, 0.25) is 12.3 Å². The zero-order valence-electron chi connectivity index (χ0n) is 23.8. The van der Waals surface area contributed by atoms with Gasteiger partial charge in [-0.05, 0) is 61.2 Å². The molecule has 7 nitrogen and oxygen atoms in total. The van der Waals surface area contributed by atoms with Crippen LogP contribution in [0.25, 0.3) is 11.3 Å². The predicted octanol–water partition coefficient (Wildman–Crippen LogP) is 5.71. The highest BCUT2D eigenvalue weighted by molar-refractivity contribution is 6.07. The molecule has 1 atom stereocenters. The van der Waals surface area contributed by atoms with Crippen LogP contribution >= 0.6 is 0 Å². The molecule has 1 aromatic heterocycles. The molecule has 0 radical (unpaired) electrons. The molecule has 2 amide bonds. The Labute approximate surface area is 235 Å². The first kappa shape index (κ1) is 28.7. The molecule has 208 valence electrons. The molecule has 0 aliphatic carbocycles. The number of anilines is 2. The third-order valence-corrected chi connectivity index (χ3v) is 7.31. The summed E-state index contributed by atoms with van der Waals surface area (Å²) in [6, 6.07) is 16.1. The fraction of sp³-hybridized carbons (Fsp3) is 0.312. The highest BCUT2D eigenvalue weighted by atomic mass is 19.1. The van der Waals surface area contributed by atoms with E-state index in [0.717, 1.165) is 17.5 Å². The lowest BCUT2D eigenvalue weighted by molar-refractivity contribution is -0.128. The summed E-state index contributed by atoms with van der Waals surface area (Å²) in [6.07, 6.45) is 2.09. The van der Waals surface area contributed by atoms with Crippen LogP contribution in [0.3, 0.4) is 0 Å². The molecule has 0 saturated carbocycles. The summed E-state index contributed by atoms with van der Waals surface area (Å²) in [4.78, 5) is 40.2. The molecular weight excluding hydrogens is 505 g/mol. The molecule has 0 bridgehead atoms. The molecule has 40 heavy (non-hydrogen) atoms. The van der Waals surface area contributed by atoms with E-state index in [9.17, 15) is 14.0 Å². The minimum absolute atomic E-state index is 0.0524. The van der Waals surface area contributed by atoms with Gasteiger partial charge in [-0.2, -0.15) is 0 Å². The minimum atomic E-state index is -0.391. The summed E-state index contributed by atoms with van der Waals surface area (Å²) in [5.41, 5.74) is 3.90. The second kappa shape index (κ2) is 12.2. The van der Waals surface area contributed by atoms with Gasteiger partial charge in [-0.25, -0.2) is 9.37 Å². The van der Waals surface area contributed by atoms with Gasteiger partial charge in [-0.3, -0.25) is 19.5 Å². The Hall–Kier alpha value is -4.33. The number of rotatable bonds is 7. The van der Waals surface area contributed by atoms with E-state index in [-0.39, 0.29) is 17.9 Å². The van der Waals surface area contributed by atoms with E-state index >= 15 is 0 Å². The van der Waals surface area contributed by atoms with Gasteiger partial charge >= 0.3 is 0 Å². The Bertz CT molecular complexity index is 1450. The van der Waals surface area contributed by atoms with Crippen LogP contribution in [0, 0.1) is 12.7 Å². The van der Waals surface area contributed by atoms with E-state index in [4.69, 9.17) is 4.98 Å². The smallest absolute Gasteiger partial charge is 0.246 e. The third kappa shape index (κ3) is 5.52. The molecule has 2 aromatic carbocycles. The van der Waals surface area contributed by atoms with Gasteiger partial charge in [-0.15, -0.1) is 0 Å². The number of hydrogen-bond acceptors (Lipinski definition) is 4. The number of hydrogen-bond donors (Lipinski definition) is 0. The fourth-order valence-corrected chi connectivity index (χ4v) is 5.30. The number of halogens is 1. The lowest BCUT2D eigenvalue weighted by Gasteiger charge is -2.41. The Morgan fingerprint density at radius 1 is 1.18 bits per heavy atom. The second-order valence-corrected chi connectivity index (χ2v) is 10.3. The molecular formula is C32H36FN5O2. The van der Waals surface area contributed by atoms with Crippen LogP contribution in [0.15, 0.2) is 72.2 Å². The third-order valence-electron chi connectivity index (χ3n) is 7.31. The first-order valence-corrected chi connectivity index (χ1v) is 13.5. The van der Waals surface area contributed by atoms with Gasteiger partial charge in [0.1, 0.15) is 11.7 Å². The van der Waals surface area contributed by atoms with Crippen LogP contribution in [0.1, 0.15) is 43.4 Å². The number of nitrogens with zero attached hydrogens (tertiary/aromatic N) is 5. The number of amidine groups is 1. The number of benzene rings is 2. The molecule has 0 N–H and O–H groups in total. The Kier molecular flexibility index (Phi) is 8.77. The summed E-state index contributed by atoms with van der Waals surface area (Å²) in [7, 11) is 1.71. The largest absolute Gasteiger partial charge is 0.350 e.